The molecule has 0 radical (unpaired) electrons. The van der Waals surface area contributed by atoms with Crippen LogP contribution in [0.25, 0.3) is 32.7 Å². The van der Waals surface area contributed by atoms with E-state index in [9.17, 15) is 0 Å². The largest absolute Gasteiger partial charge is 0.354 e. The first-order chi connectivity index (χ1) is 8.83. The number of rotatable bonds is 0. The Morgan fingerprint density at radius 3 is 2.94 bits per heavy atom. The fraction of sp³-hybridized carbons (Fsp3) is 0. The number of fused-ring (bicyclic) bond motifs is 5. The van der Waals surface area contributed by atoms with Crippen LogP contribution in [0.5, 0.6) is 0 Å². The van der Waals surface area contributed by atoms with Crippen molar-refractivity contribution in [1.29, 1.82) is 0 Å². The van der Waals surface area contributed by atoms with E-state index < -0.39 is 0 Å². The first-order valence-electron chi connectivity index (χ1n) is 5.62. The van der Waals surface area contributed by atoms with Gasteiger partial charge in [0.15, 0.2) is 0 Å². The Morgan fingerprint density at radius 1 is 1.06 bits per heavy atom. The molecule has 0 aliphatic heterocycles. The SMILES string of the molecule is Clc1ccc2c(c1)[nH]c1ccc3cncnc3c12. The molecular weight excluding hydrogens is 246 g/mol. The van der Waals surface area contributed by atoms with Crippen LogP contribution in [0.1, 0.15) is 0 Å². The molecule has 0 fully saturated rings. The van der Waals surface area contributed by atoms with E-state index >= 15 is 0 Å². The summed E-state index contributed by atoms with van der Waals surface area (Å²) in [7, 11) is 0. The van der Waals surface area contributed by atoms with Crippen molar-refractivity contribution in [3.63, 3.8) is 0 Å². The van der Waals surface area contributed by atoms with Gasteiger partial charge in [0, 0.05) is 38.4 Å². The molecule has 4 rings (SSSR count). The van der Waals surface area contributed by atoms with E-state index in [1.807, 2.05) is 30.5 Å². The second-order valence-corrected chi connectivity index (χ2v) is 4.70. The van der Waals surface area contributed by atoms with Gasteiger partial charge < -0.3 is 4.98 Å². The van der Waals surface area contributed by atoms with Crippen molar-refractivity contribution in [1.82, 2.24) is 15.0 Å². The van der Waals surface area contributed by atoms with Crippen molar-refractivity contribution in [3.05, 3.63) is 47.9 Å². The number of hydrogen-bond acceptors (Lipinski definition) is 2. The molecule has 2 heterocycles. The third-order valence-electron chi connectivity index (χ3n) is 3.20. The molecule has 4 heteroatoms. The molecule has 0 spiro atoms. The fourth-order valence-corrected chi connectivity index (χ4v) is 2.59. The van der Waals surface area contributed by atoms with Gasteiger partial charge in [0.05, 0.1) is 5.52 Å². The van der Waals surface area contributed by atoms with E-state index in [2.05, 4.69) is 21.0 Å². The third-order valence-corrected chi connectivity index (χ3v) is 3.43. The van der Waals surface area contributed by atoms with E-state index in [4.69, 9.17) is 11.6 Å². The molecule has 1 N–H and O–H groups in total. The highest BCUT2D eigenvalue weighted by Crippen LogP contribution is 2.31. The monoisotopic (exact) mass is 253 g/mol. The van der Waals surface area contributed by atoms with E-state index in [1.165, 1.54) is 0 Å². The zero-order valence-electron chi connectivity index (χ0n) is 9.31. The van der Waals surface area contributed by atoms with Gasteiger partial charge in [0.1, 0.15) is 6.33 Å². The standard InChI is InChI=1S/C14H8ClN3/c15-9-2-3-10-12(5-9)18-11-4-1-8-6-16-7-17-14(8)13(10)11/h1-7,18H. The van der Waals surface area contributed by atoms with Gasteiger partial charge >= 0.3 is 0 Å². The van der Waals surface area contributed by atoms with Gasteiger partial charge in [-0.15, -0.1) is 0 Å². The van der Waals surface area contributed by atoms with Gasteiger partial charge in [-0.25, -0.2) is 9.97 Å². The number of aromatic nitrogens is 3. The smallest absolute Gasteiger partial charge is 0.116 e. The number of hydrogen-bond donors (Lipinski definition) is 1. The number of aromatic amines is 1. The molecule has 0 aliphatic rings. The number of nitrogens with zero attached hydrogens (tertiary/aromatic N) is 2. The zero-order chi connectivity index (χ0) is 12.1. The maximum atomic E-state index is 6.02. The lowest BCUT2D eigenvalue weighted by Crippen LogP contribution is -1.81. The highest BCUT2D eigenvalue weighted by atomic mass is 35.5. The molecule has 2 aromatic heterocycles. The van der Waals surface area contributed by atoms with Crippen molar-refractivity contribution in [2.24, 2.45) is 0 Å². The Balaban J connectivity index is 2.33. The summed E-state index contributed by atoms with van der Waals surface area (Å²) in [6, 6.07) is 9.93. The molecule has 2 aromatic carbocycles. The predicted octanol–water partition coefficient (Wildman–Crippen LogP) is 3.92. The van der Waals surface area contributed by atoms with E-state index in [0.29, 0.717) is 0 Å². The van der Waals surface area contributed by atoms with Crippen molar-refractivity contribution in [2.45, 2.75) is 0 Å². The first-order valence-corrected chi connectivity index (χ1v) is 6.00. The normalized spacial score (nSPS) is 11.6. The predicted molar refractivity (Wildman–Crippen MR) is 73.9 cm³/mol. The lowest BCUT2D eigenvalue weighted by atomic mass is 10.1. The number of halogens is 1. The van der Waals surface area contributed by atoms with Crippen LogP contribution < -0.4 is 0 Å². The van der Waals surface area contributed by atoms with Crippen molar-refractivity contribution >= 4 is 44.3 Å². The molecule has 0 aliphatic carbocycles. The Morgan fingerprint density at radius 2 is 2.00 bits per heavy atom. The Kier molecular flexibility index (Phi) is 1.88. The highest BCUT2D eigenvalue weighted by Gasteiger charge is 2.09. The van der Waals surface area contributed by atoms with Crippen molar-refractivity contribution in [2.75, 3.05) is 0 Å². The number of benzene rings is 2. The number of nitrogens with one attached hydrogen (secondary N) is 1. The summed E-state index contributed by atoms with van der Waals surface area (Å²) in [6.45, 7) is 0. The van der Waals surface area contributed by atoms with Gasteiger partial charge in [-0.05, 0) is 24.3 Å². The minimum atomic E-state index is 0.730. The molecule has 0 saturated heterocycles. The zero-order valence-corrected chi connectivity index (χ0v) is 10.1. The molecule has 3 nitrogen and oxygen atoms in total. The van der Waals surface area contributed by atoms with Gasteiger partial charge in [-0.2, -0.15) is 0 Å². The lowest BCUT2D eigenvalue weighted by molar-refractivity contribution is 1.23. The van der Waals surface area contributed by atoms with Crippen molar-refractivity contribution in [3.8, 4) is 0 Å². The molecule has 0 unspecified atom stereocenters. The van der Waals surface area contributed by atoms with Crippen LogP contribution in [0.4, 0.5) is 0 Å². The third kappa shape index (κ3) is 1.25. The van der Waals surface area contributed by atoms with Gasteiger partial charge in [0.2, 0.25) is 0 Å². The van der Waals surface area contributed by atoms with E-state index in [-0.39, 0.29) is 0 Å². The molecule has 0 bridgehead atoms. The minimum absolute atomic E-state index is 0.730. The summed E-state index contributed by atoms with van der Waals surface area (Å²) in [5, 5.41) is 4.04. The molecule has 18 heavy (non-hydrogen) atoms. The average molecular weight is 254 g/mol. The summed E-state index contributed by atoms with van der Waals surface area (Å²) in [5.41, 5.74) is 3.07. The maximum absolute atomic E-state index is 6.02. The molecule has 4 aromatic rings. The van der Waals surface area contributed by atoms with Crippen LogP contribution in [-0.4, -0.2) is 15.0 Å². The van der Waals surface area contributed by atoms with Crippen molar-refractivity contribution < 1.29 is 0 Å². The molecule has 0 amide bonds. The first kappa shape index (κ1) is 9.85. The van der Waals surface area contributed by atoms with Crippen LogP contribution in [-0.2, 0) is 0 Å². The molecule has 0 saturated carbocycles. The molecule has 0 atom stereocenters. The van der Waals surface area contributed by atoms with Crippen LogP contribution in [0, 0.1) is 0 Å². The second-order valence-electron chi connectivity index (χ2n) is 4.26. The molecular formula is C14H8ClN3. The van der Waals surface area contributed by atoms with Crippen LogP contribution in [0.15, 0.2) is 42.9 Å². The fourth-order valence-electron chi connectivity index (χ4n) is 2.42. The average Bonchev–Trinajstić information content (AvgIpc) is 2.76. The van der Waals surface area contributed by atoms with E-state index in [0.717, 1.165) is 37.7 Å². The summed E-state index contributed by atoms with van der Waals surface area (Å²) < 4.78 is 0. The van der Waals surface area contributed by atoms with Gasteiger partial charge in [-0.3, -0.25) is 0 Å². The topological polar surface area (TPSA) is 41.6 Å². The Labute approximate surface area is 107 Å². The molecule has 86 valence electrons. The number of H-pyrrole nitrogens is 1. The summed E-state index contributed by atoms with van der Waals surface area (Å²) in [6.07, 6.45) is 3.41. The van der Waals surface area contributed by atoms with Crippen LogP contribution in [0.3, 0.4) is 0 Å². The summed E-state index contributed by atoms with van der Waals surface area (Å²) >= 11 is 6.02. The van der Waals surface area contributed by atoms with Gasteiger partial charge in [0.25, 0.3) is 0 Å². The quantitative estimate of drug-likeness (QED) is 0.516. The maximum Gasteiger partial charge on any atom is 0.116 e. The van der Waals surface area contributed by atoms with Crippen LogP contribution >= 0.6 is 11.6 Å². The Bertz CT molecular complexity index is 895. The second kappa shape index (κ2) is 3.43. The summed E-state index contributed by atoms with van der Waals surface area (Å²) in [5.74, 6) is 0. The summed E-state index contributed by atoms with van der Waals surface area (Å²) in [4.78, 5) is 11.8. The van der Waals surface area contributed by atoms with E-state index in [1.54, 1.807) is 6.33 Å². The minimum Gasteiger partial charge on any atom is -0.354 e. The lowest BCUT2D eigenvalue weighted by Gasteiger charge is -1.98. The van der Waals surface area contributed by atoms with Gasteiger partial charge in [-0.1, -0.05) is 17.7 Å². The Hall–Kier alpha value is -2.13. The van der Waals surface area contributed by atoms with Crippen LogP contribution in [0.2, 0.25) is 5.02 Å². The highest BCUT2D eigenvalue weighted by molar-refractivity contribution is 6.32.